The summed E-state index contributed by atoms with van der Waals surface area (Å²) in [5, 5.41) is 8.72. The second-order valence-electron chi connectivity index (χ2n) is 9.57. The minimum absolute atomic E-state index is 0.138. The van der Waals surface area contributed by atoms with Gasteiger partial charge in [-0.15, -0.1) is 0 Å². The van der Waals surface area contributed by atoms with Crippen molar-refractivity contribution in [3.8, 4) is 0 Å². The number of hydrogen-bond acceptors (Lipinski definition) is 5. The Morgan fingerprint density at radius 3 is 2.48 bits per heavy atom. The van der Waals surface area contributed by atoms with Crippen molar-refractivity contribution in [2.45, 2.75) is 77.0 Å². The number of aromatic nitrogens is 2. The van der Waals surface area contributed by atoms with Crippen LogP contribution in [-0.4, -0.2) is 41.2 Å². The van der Waals surface area contributed by atoms with E-state index in [2.05, 4.69) is 45.4 Å². The van der Waals surface area contributed by atoms with Gasteiger partial charge in [-0.25, -0.2) is 4.79 Å². The Balaban J connectivity index is 2.80. The monoisotopic (exact) mass is 422 g/mol. The first-order chi connectivity index (χ1) is 13.2. The van der Waals surface area contributed by atoms with E-state index in [9.17, 15) is 19.5 Å². The number of nitrogens with zero attached hydrogens (tertiary/aromatic N) is 1. The van der Waals surface area contributed by atoms with Crippen molar-refractivity contribution < 1.29 is 14.6 Å². The average molecular weight is 423 g/mol. The van der Waals surface area contributed by atoms with Gasteiger partial charge in [-0.2, -0.15) is 0 Å². The van der Waals surface area contributed by atoms with Crippen molar-refractivity contribution in [1.29, 1.82) is 0 Å². The lowest BCUT2D eigenvalue weighted by molar-refractivity contribution is -0.122. The van der Waals surface area contributed by atoms with Crippen molar-refractivity contribution in [2.75, 3.05) is 6.61 Å². The van der Waals surface area contributed by atoms with E-state index in [0.29, 0.717) is 17.6 Å². The summed E-state index contributed by atoms with van der Waals surface area (Å²) in [6.45, 7) is 17.6. The third kappa shape index (κ3) is 3.73. The van der Waals surface area contributed by atoms with Gasteiger partial charge in [-0.1, -0.05) is 47.4 Å². The highest BCUT2D eigenvalue weighted by molar-refractivity contribution is 6.81. The largest absolute Gasteiger partial charge is 0.394 e. The van der Waals surface area contributed by atoms with Gasteiger partial charge >= 0.3 is 5.69 Å². The molecule has 7 nitrogen and oxygen atoms in total. The predicted molar refractivity (Wildman–Crippen MR) is 116 cm³/mol. The number of carbonyl (C=O) groups is 1. The maximum atomic E-state index is 13.0. The molecule has 2 heterocycles. The molecule has 1 aliphatic heterocycles. The summed E-state index contributed by atoms with van der Waals surface area (Å²) >= 11 is 0. The highest BCUT2D eigenvalue weighted by Crippen LogP contribution is 2.53. The molecule has 1 aromatic heterocycles. The van der Waals surface area contributed by atoms with Gasteiger partial charge in [0.1, 0.15) is 13.4 Å². The van der Waals surface area contributed by atoms with Crippen LogP contribution in [0.4, 0.5) is 0 Å². The molecular formula is C21H34N2O5Si. The Hall–Kier alpha value is -1.77. The van der Waals surface area contributed by atoms with E-state index in [-0.39, 0.29) is 23.8 Å². The molecule has 0 saturated carbocycles. The predicted octanol–water partition coefficient (Wildman–Crippen LogP) is 2.48. The highest BCUT2D eigenvalue weighted by Gasteiger charge is 2.62. The van der Waals surface area contributed by atoms with Crippen LogP contribution in [0.5, 0.6) is 0 Å². The molecule has 0 spiro atoms. The number of rotatable bonds is 6. The summed E-state index contributed by atoms with van der Waals surface area (Å²) < 4.78 is 7.93. The summed E-state index contributed by atoms with van der Waals surface area (Å²) in [5.74, 6) is -0.734. The molecular weight excluding hydrogens is 388 g/mol. The number of aromatic amines is 1. The first-order valence-corrected chi connectivity index (χ1v) is 13.1. The van der Waals surface area contributed by atoms with Crippen LogP contribution in [0.3, 0.4) is 0 Å². The van der Waals surface area contributed by atoms with Crippen LogP contribution in [0.2, 0.25) is 18.1 Å². The molecule has 0 radical (unpaired) electrons. The SMILES string of the molecule is C=C(CC)C(=O)C1C[C@@](n2cc(C)c(=O)[nH]c2=O)([Si](C)(C)C(C)(C)C)O[C@@H]1CO. The van der Waals surface area contributed by atoms with Crippen molar-refractivity contribution in [1.82, 2.24) is 9.55 Å². The summed E-state index contributed by atoms with van der Waals surface area (Å²) in [7, 11) is -2.50. The average Bonchev–Trinajstić information content (AvgIpc) is 3.03. The number of Topliss-reactive ketones (excluding diaryl/α,β-unsaturated/α-hetero) is 1. The minimum Gasteiger partial charge on any atom is -0.394 e. The molecule has 0 aromatic carbocycles. The van der Waals surface area contributed by atoms with Crippen LogP contribution in [-0.2, 0) is 14.9 Å². The van der Waals surface area contributed by atoms with Crippen molar-refractivity contribution in [3.63, 3.8) is 0 Å². The molecule has 162 valence electrons. The number of H-pyrrole nitrogens is 1. The summed E-state index contributed by atoms with van der Waals surface area (Å²) in [6.07, 6.45) is 1.56. The van der Waals surface area contributed by atoms with E-state index in [4.69, 9.17) is 4.74 Å². The Labute approximate surface area is 172 Å². The van der Waals surface area contributed by atoms with Gasteiger partial charge in [0.15, 0.2) is 5.78 Å². The molecule has 2 rings (SSSR count). The van der Waals surface area contributed by atoms with Gasteiger partial charge in [-0.3, -0.25) is 19.1 Å². The van der Waals surface area contributed by atoms with Gasteiger partial charge in [0.2, 0.25) is 0 Å². The number of ketones is 1. The summed E-state index contributed by atoms with van der Waals surface area (Å²) in [4.78, 5) is 40.3. The lowest BCUT2D eigenvalue weighted by Gasteiger charge is -2.50. The smallest absolute Gasteiger partial charge is 0.330 e. The highest BCUT2D eigenvalue weighted by atomic mass is 28.3. The number of hydrogen-bond donors (Lipinski definition) is 2. The van der Waals surface area contributed by atoms with Crippen LogP contribution >= 0.6 is 0 Å². The van der Waals surface area contributed by atoms with E-state index < -0.39 is 36.7 Å². The molecule has 1 saturated heterocycles. The van der Waals surface area contributed by atoms with Crippen molar-refractivity contribution in [2.24, 2.45) is 5.92 Å². The Morgan fingerprint density at radius 1 is 1.41 bits per heavy atom. The zero-order valence-corrected chi connectivity index (χ0v) is 19.6. The van der Waals surface area contributed by atoms with E-state index in [1.54, 1.807) is 6.92 Å². The number of allylic oxidation sites excluding steroid dienone is 1. The first kappa shape index (κ1) is 23.5. The van der Waals surface area contributed by atoms with Gasteiger partial charge in [0.05, 0.1) is 18.6 Å². The fourth-order valence-corrected chi connectivity index (χ4v) is 7.07. The van der Waals surface area contributed by atoms with E-state index in [1.165, 1.54) is 10.8 Å². The Morgan fingerprint density at radius 2 is 2.00 bits per heavy atom. The number of ether oxygens (including phenoxy) is 1. The molecule has 8 heteroatoms. The molecule has 0 amide bonds. The van der Waals surface area contributed by atoms with Crippen LogP contribution in [0.15, 0.2) is 27.9 Å². The van der Waals surface area contributed by atoms with E-state index >= 15 is 0 Å². The van der Waals surface area contributed by atoms with Crippen LogP contribution in [0.25, 0.3) is 0 Å². The topological polar surface area (TPSA) is 101 Å². The van der Waals surface area contributed by atoms with Gasteiger partial charge < -0.3 is 9.84 Å². The molecule has 1 fully saturated rings. The molecule has 1 aliphatic rings. The second-order valence-corrected chi connectivity index (χ2v) is 15.1. The molecule has 2 N–H and O–H groups in total. The molecule has 0 aliphatic carbocycles. The van der Waals surface area contributed by atoms with Crippen molar-refractivity contribution >= 4 is 13.9 Å². The van der Waals surface area contributed by atoms with Crippen LogP contribution in [0.1, 0.15) is 46.1 Å². The van der Waals surface area contributed by atoms with Crippen LogP contribution in [0, 0.1) is 12.8 Å². The minimum atomic E-state index is -2.50. The Kier molecular flexibility index (Phi) is 6.33. The van der Waals surface area contributed by atoms with E-state index in [1.807, 2.05) is 6.92 Å². The second kappa shape index (κ2) is 7.81. The zero-order valence-electron chi connectivity index (χ0n) is 18.6. The summed E-state index contributed by atoms with van der Waals surface area (Å²) in [5.41, 5.74) is -0.141. The number of aliphatic hydroxyl groups excluding tert-OH is 1. The summed E-state index contributed by atoms with van der Waals surface area (Å²) in [6, 6.07) is 0. The lowest BCUT2D eigenvalue weighted by Crippen LogP contribution is -2.64. The normalized spacial score (nSPS) is 25.2. The number of aryl methyl sites for hydroxylation is 1. The van der Waals surface area contributed by atoms with Gasteiger partial charge in [0, 0.05) is 18.2 Å². The third-order valence-electron chi connectivity index (χ3n) is 6.94. The molecule has 1 aromatic rings. The van der Waals surface area contributed by atoms with E-state index in [0.717, 1.165) is 0 Å². The number of aliphatic hydroxyl groups is 1. The van der Waals surface area contributed by atoms with Gasteiger partial charge in [0.25, 0.3) is 5.56 Å². The molecule has 3 atom stereocenters. The lowest BCUT2D eigenvalue weighted by atomic mass is 9.90. The maximum absolute atomic E-state index is 13.0. The number of carbonyl (C=O) groups excluding carboxylic acids is 1. The third-order valence-corrected chi connectivity index (χ3v) is 13.2. The standard InChI is InChI=1S/C21H34N2O5Si/c1-9-13(2)17(25)15-10-21(28-16(15)12-24,29(7,8)20(4,5)6)23-11-14(3)18(26)22-19(23)27/h11,15-16,24H,2,9-10,12H2,1,3-8H3,(H,22,26,27)/t15?,16-,21+/m1/s1. The quantitative estimate of drug-likeness (QED) is 0.542. The molecule has 0 bridgehead atoms. The van der Waals surface area contributed by atoms with Crippen LogP contribution < -0.4 is 11.2 Å². The van der Waals surface area contributed by atoms with Gasteiger partial charge in [-0.05, 0) is 24.0 Å². The van der Waals surface area contributed by atoms with Crippen molar-refractivity contribution in [3.05, 3.63) is 44.8 Å². The first-order valence-electron chi connectivity index (χ1n) is 10.1. The molecule has 1 unspecified atom stereocenters. The zero-order chi connectivity index (χ0) is 22.4. The fourth-order valence-electron chi connectivity index (χ4n) is 3.95. The molecule has 29 heavy (non-hydrogen) atoms. The fraction of sp³-hybridized carbons (Fsp3) is 0.667. The Bertz CT molecular complexity index is 924. The number of nitrogens with one attached hydrogen (secondary N) is 1. The maximum Gasteiger partial charge on any atom is 0.330 e.